The molecule has 0 rings (SSSR count). The van der Waals surface area contributed by atoms with E-state index in [1.54, 1.807) is 0 Å². The molecule has 1 heteroatoms. The molecule has 0 fully saturated rings. The van der Waals surface area contributed by atoms with Gasteiger partial charge in [-0.15, -0.1) is 0 Å². The Morgan fingerprint density at radius 1 is 1.60 bits per heavy atom. The van der Waals surface area contributed by atoms with Gasteiger partial charge in [-0.05, 0) is 18.8 Å². The lowest BCUT2D eigenvalue weighted by molar-refractivity contribution is 0.557. The summed E-state index contributed by atoms with van der Waals surface area (Å²) in [6.45, 7) is 7.99. The normalized spacial score (nSPS) is 9.40. The van der Waals surface area contributed by atoms with Crippen LogP contribution in [0.3, 0.4) is 0 Å². The summed E-state index contributed by atoms with van der Waals surface area (Å²) in [6, 6.07) is 2.04. The van der Waals surface area contributed by atoms with E-state index in [1.165, 1.54) is 6.42 Å². The monoisotopic (exact) mass is 137 g/mol. The van der Waals surface area contributed by atoms with Gasteiger partial charge >= 0.3 is 0 Å². The molecule has 0 aromatic carbocycles. The van der Waals surface area contributed by atoms with Crippen molar-refractivity contribution in [3.63, 3.8) is 0 Å². The fourth-order valence-electron chi connectivity index (χ4n) is 0.780. The summed E-state index contributed by atoms with van der Waals surface area (Å²) >= 11 is 0. The number of nitriles is 1. The van der Waals surface area contributed by atoms with E-state index < -0.39 is 0 Å². The van der Waals surface area contributed by atoms with Gasteiger partial charge in [0, 0.05) is 5.57 Å². The third-order valence-electron chi connectivity index (χ3n) is 1.42. The lowest BCUT2D eigenvalue weighted by atomic mass is 10.0. The average Bonchev–Trinajstić information content (AvgIpc) is 1.87. The molecule has 0 aromatic heterocycles. The van der Waals surface area contributed by atoms with Gasteiger partial charge in [-0.1, -0.05) is 26.8 Å². The molecule has 0 aliphatic carbocycles. The van der Waals surface area contributed by atoms with Crippen LogP contribution < -0.4 is 0 Å². The van der Waals surface area contributed by atoms with E-state index in [0.29, 0.717) is 5.57 Å². The minimum atomic E-state index is 0.709. The number of hydrogen-bond acceptors (Lipinski definition) is 1. The first-order valence-corrected chi connectivity index (χ1v) is 3.74. The molecule has 10 heavy (non-hydrogen) atoms. The molecule has 0 aliphatic rings. The maximum Gasteiger partial charge on any atom is 0.0940 e. The highest BCUT2D eigenvalue weighted by molar-refractivity contribution is 5.14. The van der Waals surface area contributed by atoms with E-state index in [2.05, 4.69) is 20.4 Å². The first-order chi connectivity index (χ1) is 4.66. The molecule has 0 radical (unpaired) electrons. The van der Waals surface area contributed by atoms with Crippen LogP contribution in [0, 0.1) is 17.2 Å². The Bertz CT molecular complexity index is 139. The zero-order chi connectivity index (χ0) is 7.98. The van der Waals surface area contributed by atoms with Gasteiger partial charge in [0.05, 0.1) is 6.07 Å². The third kappa shape index (κ3) is 5.37. The average molecular weight is 137 g/mol. The second-order valence-electron chi connectivity index (χ2n) is 3.00. The molecule has 0 atom stereocenters. The van der Waals surface area contributed by atoms with Crippen molar-refractivity contribution < 1.29 is 0 Å². The van der Waals surface area contributed by atoms with Gasteiger partial charge in [-0.25, -0.2) is 0 Å². The zero-order valence-corrected chi connectivity index (χ0v) is 6.85. The van der Waals surface area contributed by atoms with E-state index in [-0.39, 0.29) is 0 Å². The summed E-state index contributed by atoms with van der Waals surface area (Å²) in [5.41, 5.74) is 0.709. The van der Waals surface area contributed by atoms with Crippen molar-refractivity contribution in [2.45, 2.75) is 33.1 Å². The first kappa shape index (κ1) is 9.23. The highest BCUT2D eigenvalue weighted by Crippen LogP contribution is 2.09. The van der Waals surface area contributed by atoms with Crippen LogP contribution in [0.4, 0.5) is 0 Å². The van der Waals surface area contributed by atoms with Crippen molar-refractivity contribution in [3.8, 4) is 6.07 Å². The van der Waals surface area contributed by atoms with Crippen LogP contribution in [-0.4, -0.2) is 0 Å². The van der Waals surface area contributed by atoms with Gasteiger partial charge in [0.2, 0.25) is 0 Å². The first-order valence-electron chi connectivity index (χ1n) is 3.74. The van der Waals surface area contributed by atoms with Crippen LogP contribution in [0.15, 0.2) is 12.2 Å². The highest BCUT2D eigenvalue weighted by Gasteiger charge is 1.95. The smallest absolute Gasteiger partial charge is 0.0940 e. The molecule has 0 spiro atoms. The Balaban J connectivity index is 3.22. The van der Waals surface area contributed by atoms with E-state index in [4.69, 9.17) is 5.26 Å². The molecular formula is C9H15N. The maximum atomic E-state index is 8.35. The fraction of sp³-hybridized carbons (Fsp3) is 0.667. The standard InChI is InChI=1S/C9H15N/c1-8(2)5-4-6-9(3)7-10/h8H,3-6H2,1-2H3. The SMILES string of the molecule is C=C(C#N)CCCC(C)C. The van der Waals surface area contributed by atoms with Gasteiger partial charge in [0.25, 0.3) is 0 Å². The third-order valence-corrected chi connectivity index (χ3v) is 1.42. The van der Waals surface area contributed by atoms with E-state index in [9.17, 15) is 0 Å². The molecule has 0 aliphatic heterocycles. The number of nitrogens with zero attached hydrogens (tertiary/aromatic N) is 1. The van der Waals surface area contributed by atoms with Gasteiger partial charge in [-0.3, -0.25) is 0 Å². The van der Waals surface area contributed by atoms with Crippen molar-refractivity contribution in [2.75, 3.05) is 0 Å². The summed E-state index contributed by atoms with van der Waals surface area (Å²) < 4.78 is 0. The lowest BCUT2D eigenvalue weighted by Gasteiger charge is -2.01. The van der Waals surface area contributed by atoms with Gasteiger partial charge in [-0.2, -0.15) is 5.26 Å². The van der Waals surface area contributed by atoms with E-state index >= 15 is 0 Å². The fourth-order valence-corrected chi connectivity index (χ4v) is 0.780. The van der Waals surface area contributed by atoms with Crippen LogP contribution in [0.2, 0.25) is 0 Å². The van der Waals surface area contributed by atoms with Gasteiger partial charge in [0.15, 0.2) is 0 Å². The number of hydrogen-bond donors (Lipinski definition) is 0. The zero-order valence-electron chi connectivity index (χ0n) is 6.85. The van der Waals surface area contributed by atoms with Crippen LogP contribution in [0.25, 0.3) is 0 Å². The molecule has 0 unspecified atom stereocenters. The molecule has 0 saturated carbocycles. The summed E-state index contributed by atoms with van der Waals surface area (Å²) in [4.78, 5) is 0. The van der Waals surface area contributed by atoms with Gasteiger partial charge < -0.3 is 0 Å². The highest BCUT2D eigenvalue weighted by atomic mass is 14.2. The Kier molecular flexibility index (Phi) is 4.66. The molecule has 0 N–H and O–H groups in total. The van der Waals surface area contributed by atoms with Crippen molar-refractivity contribution in [3.05, 3.63) is 12.2 Å². The van der Waals surface area contributed by atoms with Crippen LogP contribution >= 0.6 is 0 Å². The Labute approximate surface area is 63.4 Å². The topological polar surface area (TPSA) is 23.8 Å². The summed E-state index contributed by atoms with van der Waals surface area (Å²) in [5.74, 6) is 0.742. The van der Waals surface area contributed by atoms with Crippen molar-refractivity contribution in [1.82, 2.24) is 0 Å². The molecule has 0 heterocycles. The molecular weight excluding hydrogens is 122 g/mol. The largest absolute Gasteiger partial charge is 0.193 e. The molecule has 1 nitrogen and oxygen atoms in total. The summed E-state index contributed by atoms with van der Waals surface area (Å²) in [5, 5.41) is 8.35. The van der Waals surface area contributed by atoms with Crippen molar-refractivity contribution in [1.29, 1.82) is 5.26 Å². The van der Waals surface area contributed by atoms with Gasteiger partial charge in [0.1, 0.15) is 0 Å². The quantitative estimate of drug-likeness (QED) is 0.546. The molecule has 0 bridgehead atoms. The Morgan fingerprint density at radius 3 is 2.60 bits per heavy atom. The molecule has 0 aromatic rings. The molecule has 0 amide bonds. The van der Waals surface area contributed by atoms with Crippen molar-refractivity contribution >= 4 is 0 Å². The minimum absolute atomic E-state index is 0.709. The van der Waals surface area contributed by atoms with Crippen LogP contribution in [0.5, 0.6) is 0 Å². The summed E-state index contributed by atoms with van der Waals surface area (Å²) in [6.07, 6.45) is 3.17. The predicted molar refractivity (Wildman–Crippen MR) is 43.4 cm³/mol. The molecule has 0 saturated heterocycles. The second-order valence-corrected chi connectivity index (χ2v) is 3.00. The van der Waals surface area contributed by atoms with E-state index in [1.807, 2.05) is 6.07 Å². The van der Waals surface area contributed by atoms with Crippen LogP contribution in [0.1, 0.15) is 33.1 Å². The second kappa shape index (κ2) is 5.05. The number of rotatable bonds is 4. The summed E-state index contributed by atoms with van der Waals surface area (Å²) in [7, 11) is 0. The van der Waals surface area contributed by atoms with Crippen molar-refractivity contribution in [2.24, 2.45) is 5.92 Å². The lowest BCUT2D eigenvalue weighted by Crippen LogP contribution is -1.87. The molecule has 56 valence electrons. The Morgan fingerprint density at radius 2 is 2.20 bits per heavy atom. The van der Waals surface area contributed by atoms with E-state index in [0.717, 1.165) is 18.8 Å². The Hall–Kier alpha value is -0.770. The van der Waals surface area contributed by atoms with Crippen LogP contribution in [-0.2, 0) is 0 Å². The predicted octanol–water partition coefficient (Wildman–Crippen LogP) is 2.89. The maximum absolute atomic E-state index is 8.35. The minimum Gasteiger partial charge on any atom is -0.193 e. The number of allylic oxidation sites excluding steroid dienone is 1.